The molecule has 1 aliphatic rings. The number of carbonyl (C=O) groups is 1. The first kappa shape index (κ1) is 14.0. The molecular formula is C14H14N2O4S. The third-order valence-electron chi connectivity index (χ3n) is 3.34. The van der Waals surface area contributed by atoms with Crippen LogP contribution in [0.4, 0.5) is 0 Å². The predicted molar refractivity (Wildman–Crippen MR) is 75.5 cm³/mol. The fraction of sp³-hybridized carbons (Fsp3) is 0.286. The van der Waals surface area contributed by atoms with Gasteiger partial charge in [0.15, 0.2) is 0 Å². The largest absolute Gasteiger partial charge is 0.353 e. The Labute approximate surface area is 122 Å². The van der Waals surface area contributed by atoms with Gasteiger partial charge in [0, 0.05) is 18.6 Å². The fourth-order valence-electron chi connectivity index (χ4n) is 1.99. The first-order valence-corrected chi connectivity index (χ1v) is 7.98. The molecule has 0 aliphatic heterocycles. The Morgan fingerprint density at radius 3 is 2.71 bits per heavy atom. The molecule has 1 heterocycles. The van der Waals surface area contributed by atoms with Gasteiger partial charge >= 0.3 is 5.97 Å². The summed E-state index contributed by atoms with van der Waals surface area (Å²) in [4.78, 5) is 20.7. The highest BCUT2D eigenvalue weighted by Gasteiger charge is 2.35. The van der Waals surface area contributed by atoms with E-state index < -0.39 is 16.0 Å². The van der Waals surface area contributed by atoms with Crippen molar-refractivity contribution in [2.45, 2.75) is 17.7 Å². The number of para-hydroxylation sites is 1. The molecule has 0 spiro atoms. The molecule has 6 nitrogen and oxygen atoms in total. The smallest absolute Gasteiger partial charge is 0.329 e. The molecule has 0 N–H and O–H groups in total. The topological polar surface area (TPSA) is 76.6 Å². The summed E-state index contributed by atoms with van der Waals surface area (Å²) in [6, 6.07) is 8.37. The second-order valence-electron chi connectivity index (χ2n) is 4.93. The number of hydrogen-bond acceptors (Lipinski definition) is 5. The third-order valence-corrected chi connectivity index (χ3v) is 4.98. The summed E-state index contributed by atoms with van der Waals surface area (Å²) in [6.45, 7) is 0. The lowest BCUT2D eigenvalue weighted by Crippen LogP contribution is -2.30. The molecule has 0 atom stereocenters. The number of aromatic nitrogens is 1. The lowest BCUT2D eigenvalue weighted by atomic mass is 10.2. The number of carbonyl (C=O) groups excluding carboxylic acids is 1. The lowest BCUT2D eigenvalue weighted by molar-refractivity contribution is -0.167. The van der Waals surface area contributed by atoms with Crippen molar-refractivity contribution >= 4 is 26.9 Å². The van der Waals surface area contributed by atoms with Crippen molar-refractivity contribution in [3.63, 3.8) is 0 Å². The van der Waals surface area contributed by atoms with E-state index in [2.05, 4.69) is 4.98 Å². The van der Waals surface area contributed by atoms with E-state index in [1.54, 1.807) is 24.3 Å². The number of rotatable bonds is 4. The van der Waals surface area contributed by atoms with Gasteiger partial charge in [-0.15, -0.1) is 0 Å². The van der Waals surface area contributed by atoms with Gasteiger partial charge in [-0.1, -0.05) is 18.2 Å². The molecule has 21 heavy (non-hydrogen) atoms. The standard InChI is InChI=1S/C14H14N2O4S/c1-16(20-14(17)11-7-8-11)21(18,19)12-6-2-4-10-5-3-9-15-13(10)12/h2-6,9,11H,7-8H2,1H3. The zero-order valence-electron chi connectivity index (χ0n) is 11.4. The number of benzene rings is 1. The van der Waals surface area contributed by atoms with E-state index in [4.69, 9.17) is 4.84 Å². The minimum absolute atomic E-state index is 0.0201. The second-order valence-corrected chi connectivity index (χ2v) is 6.83. The summed E-state index contributed by atoms with van der Waals surface area (Å²) in [5, 5.41) is 0.709. The van der Waals surface area contributed by atoms with E-state index in [-0.39, 0.29) is 10.8 Å². The SMILES string of the molecule is CN(OC(=O)C1CC1)S(=O)(=O)c1cccc2cccnc12. The maximum absolute atomic E-state index is 12.5. The van der Waals surface area contributed by atoms with Crippen molar-refractivity contribution in [3.05, 3.63) is 36.5 Å². The Hall–Kier alpha value is -1.99. The van der Waals surface area contributed by atoms with Gasteiger partial charge in [0.05, 0.1) is 11.4 Å². The van der Waals surface area contributed by atoms with Crippen molar-refractivity contribution in [1.29, 1.82) is 0 Å². The molecule has 1 fully saturated rings. The van der Waals surface area contributed by atoms with E-state index in [0.717, 1.165) is 12.8 Å². The van der Waals surface area contributed by atoms with Crippen LogP contribution >= 0.6 is 0 Å². The zero-order chi connectivity index (χ0) is 15.0. The monoisotopic (exact) mass is 306 g/mol. The fourth-order valence-corrected chi connectivity index (χ4v) is 3.11. The number of fused-ring (bicyclic) bond motifs is 1. The predicted octanol–water partition coefficient (Wildman–Crippen LogP) is 1.72. The molecule has 0 amide bonds. The van der Waals surface area contributed by atoms with Crippen LogP contribution in [-0.2, 0) is 19.7 Å². The van der Waals surface area contributed by atoms with Crippen molar-refractivity contribution in [3.8, 4) is 0 Å². The normalized spacial score (nSPS) is 15.3. The quantitative estimate of drug-likeness (QED) is 0.804. The van der Waals surface area contributed by atoms with Crippen LogP contribution < -0.4 is 0 Å². The first-order chi connectivity index (χ1) is 10.00. The highest BCUT2D eigenvalue weighted by atomic mass is 32.2. The van der Waals surface area contributed by atoms with Gasteiger partial charge in [0.2, 0.25) is 0 Å². The summed E-state index contributed by atoms with van der Waals surface area (Å²) in [5.74, 6) is -0.678. The molecule has 0 bridgehead atoms. The third kappa shape index (κ3) is 2.62. The van der Waals surface area contributed by atoms with E-state index in [9.17, 15) is 13.2 Å². The van der Waals surface area contributed by atoms with Gasteiger partial charge in [-0.25, -0.2) is 8.42 Å². The average Bonchev–Trinajstić information content (AvgIpc) is 3.31. The van der Waals surface area contributed by atoms with Crippen LogP contribution in [-0.4, -0.2) is 30.9 Å². The molecular weight excluding hydrogens is 292 g/mol. The molecule has 1 aromatic carbocycles. The van der Waals surface area contributed by atoms with Crippen molar-refractivity contribution in [2.24, 2.45) is 5.92 Å². The van der Waals surface area contributed by atoms with Crippen molar-refractivity contribution in [1.82, 2.24) is 9.45 Å². The molecule has 0 saturated heterocycles. The average molecular weight is 306 g/mol. The molecule has 0 unspecified atom stereocenters. The van der Waals surface area contributed by atoms with E-state index in [1.807, 2.05) is 0 Å². The number of nitrogens with zero attached hydrogens (tertiary/aromatic N) is 2. The lowest BCUT2D eigenvalue weighted by Gasteiger charge is -2.17. The molecule has 110 valence electrons. The summed E-state index contributed by atoms with van der Waals surface area (Å²) < 4.78 is 25.7. The van der Waals surface area contributed by atoms with Gasteiger partial charge in [0.25, 0.3) is 10.0 Å². The minimum atomic E-state index is -3.94. The van der Waals surface area contributed by atoms with Crippen molar-refractivity contribution < 1.29 is 18.0 Å². The molecule has 0 radical (unpaired) electrons. The summed E-state index contributed by atoms with van der Waals surface area (Å²) in [7, 11) is -2.72. The second kappa shape index (κ2) is 5.09. The van der Waals surface area contributed by atoms with Crippen LogP contribution in [0.25, 0.3) is 10.9 Å². The van der Waals surface area contributed by atoms with Gasteiger partial charge in [0.1, 0.15) is 4.90 Å². The van der Waals surface area contributed by atoms with Gasteiger partial charge in [-0.3, -0.25) is 9.78 Å². The number of hydrogen-bond donors (Lipinski definition) is 0. The Morgan fingerprint density at radius 1 is 1.29 bits per heavy atom. The van der Waals surface area contributed by atoms with Crippen LogP contribution in [0.3, 0.4) is 0 Å². The molecule has 1 aromatic heterocycles. The van der Waals surface area contributed by atoms with Crippen molar-refractivity contribution in [2.75, 3.05) is 7.05 Å². The van der Waals surface area contributed by atoms with E-state index >= 15 is 0 Å². The van der Waals surface area contributed by atoms with Gasteiger partial charge < -0.3 is 4.84 Å². The van der Waals surface area contributed by atoms with Gasteiger partial charge in [-0.2, -0.15) is 0 Å². The summed E-state index contributed by atoms with van der Waals surface area (Å²) in [6.07, 6.45) is 3.03. The molecule has 1 aliphatic carbocycles. The number of sulfonamides is 1. The maximum atomic E-state index is 12.5. The highest BCUT2D eigenvalue weighted by molar-refractivity contribution is 7.89. The summed E-state index contributed by atoms with van der Waals surface area (Å²) in [5.41, 5.74) is 0.356. The molecule has 3 rings (SSSR count). The van der Waals surface area contributed by atoms with Crippen LogP contribution in [0.2, 0.25) is 0 Å². The number of hydroxylamine groups is 1. The van der Waals surface area contributed by atoms with Crippen LogP contribution in [0.15, 0.2) is 41.4 Å². The molecule has 1 saturated carbocycles. The maximum Gasteiger partial charge on any atom is 0.329 e. The Bertz CT molecular complexity index is 794. The van der Waals surface area contributed by atoms with Crippen LogP contribution in [0, 0.1) is 5.92 Å². The first-order valence-electron chi connectivity index (χ1n) is 6.54. The van der Waals surface area contributed by atoms with Gasteiger partial charge in [-0.05, 0) is 29.4 Å². The molecule has 2 aromatic rings. The number of pyridine rings is 1. The molecule has 7 heteroatoms. The Morgan fingerprint density at radius 2 is 2.00 bits per heavy atom. The highest BCUT2D eigenvalue weighted by Crippen LogP contribution is 2.31. The van der Waals surface area contributed by atoms with E-state index in [1.165, 1.54) is 19.3 Å². The minimum Gasteiger partial charge on any atom is -0.353 e. The Balaban J connectivity index is 1.97. The zero-order valence-corrected chi connectivity index (χ0v) is 12.2. The van der Waals surface area contributed by atoms with E-state index in [0.29, 0.717) is 15.4 Å². The Kier molecular flexibility index (Phi) is 3.38. The van der Waals surface area contributed by atoms with Crippen LogP contribution in [0.1, 0.15) is 12.8 Å². The van der Waals surface area contributed by atoms with Crippen LogP contribution in [0.5, 0.6) is 0 Å². The summed E-state index contributed by atoms with van der Waals surface area (Å²) >= 11 is 0.